The van der Waals surface area contributed by atoms with Crippen LogP contribution in [0.4, 0.5) is 5.69 Å². The molecule has 0 atom stereocenters. The fourth-order valence-corrected chi connectivity index (χ4v) is 3.55. The zero-order valence-corrected chi connectivity index (χ0v) is 15.1. The van der Waals surface area contributed by atoms with Gasteiger partial charge in [0.05, 0.1) is 16.8 Å². The molecule has 118 valence electrons. The van der Waals surface area contributed by atoms with E-state index in [1.54, 1.807) is 11.3 Å². The van der Waals surface area contributed by atoms with Gasteiger partial charge in [-0.3, -0.25) is 0 Å². The Hall–Kier alpha value is -1.98. The first kappa shape index (κ1) is 15.9. The van der Waals surface area contributed by atoms with Crippen molar-refractivity contribution in [2.24, 2.45) is 0 Å². The lowest BCUT2D eigenvalue weighted by Gasteiger charge is -2.21. The summed E-state index contributed by atoms with van der Waals surface area (Å²) in [7, 11) is 1.99. The van der Waals surface area contributed by atoms with Gasteiger partial charge in [-0.1, -0.05) is 24.3 Å². The number of para-hydroxylation sites is 1. The number of nitrogens with zero attached hydrogens (tertiary/aromatic N) is 2. The standard InChI is InChI=1S/C18H19N3S2/c1-12-7-6-9-14(13(12)2)20-18(22)21(3)11-17-19-15-8-4-5-10-16(15)23-17/h4-10H,11H2,1-3H3,(H,20,22). The number of aryl methyl sites for hydroxylation is 1. The third-order valence-corrected chi connectivity index (χ3v) is 5.34. The highest BCUT2D eigenvalue weighted by atomic mass is 32.1. The maximum atomic E-state index is 5.53. The first-order valence-electron chi connectivity index (χ1n) is 7.47. The third kappa shape index (κ3) is 3.51. The minimum absolute atomic E-state index is 0.704. The van der Waals surface area contributed by atoms with Crippen LogP contribution >= 0.6 is 23.6 Å². The highest BCUT2D eigenvalue weighted by molar-refractivity contribution is 7.80. The van der Waals surface area contributed by atoms with Crippen LogP contribution in [-0.2, 0) is 6.54 Å². The SMILES string of the molecule is Cc1cccc(NC(=S)N(C)Cc2nc3ccccc3s2)c1C. The second-order valence-corrected chi connectivity index (χ2v) is 7.11. The Balaban J connectivity index is 1.71. The van der Waals surface area contributed by atoms with E-state index in [4.69, 9.17) is 12.2 Å². The quantitative estimate of drug-likeness (QED) is 0.696. The molecule has 1 aromatic heterocycles. The lowest BCUT2D eigenvalue weighted by atomic mass is 10.1. The Morgan fingerprint density at radius 1 is 1.17 bits per heavy atom. The van der Waals surface area contributed by atoms with E-state index in [-0.39, 0.29) is 0 Å². The molecule has 0 aliphatic rings. The minimum atomic E-state index is 0.704. The number of hydrogen-bond donors (Lipinski definition) is 1. The smallest absolute Gasteiger partial charge is 0.173 e. The summed E-state index contributed by atoms with van der Waals surface area (Å²) in [5.41, 5.74) is 4.59. The topological polar surface area (TPSA) is 28.2 Å². The van der Waals surface area contributed by atoms with Crippen molar-refractivity contribution >= 4 is 44.6 Å². The molecule has 1 N–H and O–H groups in total. The summed E-state index contributed by atoms with van der Waals surface area (Å²) in [4.78, 5) is 6.69. The van der Waals surface area contributed by atoms with Gasteiger partial charge < -0.3 is 10.2 Å². The number of rotatable bonds is 3. The van der Waals surface area contributed by atoms with Crippen LogP contribution in [0.25, 0.3) is 10.2 Å². The van der Waals surface area contributed by atoms with Gasteiger partial charge in [-0.2, -0.15) is 0 Å². The van der Waals surface area contributed by atoms with Gasteiger partial charge in [-0.05, 0) is 55.4 Å². The van der Waals surface area contributed by atoms with Crippen LogP contribution in [0.2, 0.25) is 0 Å². The Bertz CT molecular complexity index is 821. The second kappa shape index (κ2) is 6.64. The monoisotopic (exact) mass is 341 g/mol. The normalized spacial score (nSPS) is 10.7. The van der Waals surface area contributed by atoms with Gasteiger partial charge in [0.1, 0.15) is 5.01 Å². The average Bonchev–Trinajstić information content (AvgIpc) is 2.93. The van der Waals surface area contributed by atoms with E-state index >= 15 is 0 Å². The van der Waals surface area contributed by atoms with Crippen molar-refractivity contribution in [3.05, 3.63) is 58.6 Å². The molecule has 3 nitrogen and oxygen atoms in total. The van der Waals surface area contributed by atoms with E-state index in [9.17, 15) is 0 Å². The number of thiazole rings is 1. The van der Waals surface area contributed by atoms with Crippen molar-refractivity contribution in [3.8, 4) is 0 Å². The van der Waals surface area contributed by atoms with Crippen LogP contribution in [-0.4, -0.2) is 22.0 Å². The molecule has 1 heterocycles. The Morgan fingerprint density at radius 3 is 2.74 bits per heavy atom. The molecule has 0 aliphatic carbocycles. The largest absolute Gasteiger partial charge is 0.345 e. The number of anilines is 1. The predicted octanol–water partition coefficient (Wildman–Crippen LogP) is 4.74. The molecule has 5 heteroatoms. The van der Waals surface area contributed by atoms with E-state index in [0.717, 1.165) is 16.2 Å². The molecule has 0 saturated heterocycles. The van der Waals surface area contributed by atoms with E-state index in [1.807, 2.05) is 36.2 Å². The molecule has 0 unspecified atom stereocenters. The Kier molecular flexibility index (Phi) is 4.59. The average molecular weight is 342 g/mol. The fourth-order valence-electron chi connectivity index (χ4n) is 2.36. The van der Waals surface area contributed by atoms with E-state index in [1.165, 1.54) is 15.8 Å². The summed E-state index contributed by atoms with van der Waals surface area (Å²) >= 11 is 7.25. The van der Waals surface area contributed by atoms with Gasteiger partial charge in [0.15, 0.2) is 5.11 Å². The molecule has 0 spiro atoms. The molecule has 0 saturated carbocycles. The van der Waals surface area contributed by atoms with Crippen molar-refractivity contribution in [1.29, 1.82) is 0 Å². The molecule has 0 aliphatic heterocycles. The zero-order chi connectivity index (χ0) is 16.4. The Morgan fingerprint density at radius 2 is 1.96 bits per heavy atom. The number of aromatic nitrogens is 1. The lowest BCUT2D eigenvalue weighted by Crippen LogP contribution is -2.30. The van der Waals surface area contributed by atoms with Crippen molar-refractivity contribution in [2.75, 3.05) is 12.4 Å². The van der Waals surface area contributed by atoms with Crippen molar-refractivity contribution in [2.45, 2.75) is 20.4 Å². The molecule has 23 heavy (non-hydrogen) atoms. The fraction of sp³-hybridized carbons (Fsp3) is 0.222. The molecule has 0 radical (unpaired) electrons. The number of benzene rings is 2. The number of hydrogen-bond acceptors (Lipinski definition) is 3. The van der Waals surface area contributed by atoms with Crippen LogP contribution in [0.15, 0.2) is 42.5 Å². The van der Waals surface area contributed by atoms with Crippen LogP contribution in [0.3, 0.4) is 0 Å². The maximum Gasteiger partial charge on any atom is 0.173 e. The van der Waals surface area contributed by atoms with E-state index in [0.29, 0.717) is 11.7 Å². The molecule has 0 bridgehead atoms. The molecule has 0 fully saturated rings. The number of nitrogens with one attached hydrogen (secondary N) is 1. The summed E-state index contributed by atoms with van der Waals surface area (Å²) in [5, 5.41) is 5.11. The summed E-state index contributed by atoms with van der Waals surface area (Å²) in [6.07, 6.45) is 0. The maximum absolute atomic E-state index is 5.53. The summed E-state index contributed by atoms with van der Waals surface area (Å²) in [6, 6.07) is 14.4. The lowest BCUT2D eigenvalue weighted by molar-refractivity contribution is 0.507. The summed E-state index contributed by atoms with van der Waals surface area (Å²) in [5.74, 6) is 0. The number of fused-ring (bicyclic) bond motifs is 1. The second-order valence-electron chi connectivity index (χ2n) is 5.61. The van der Waals surface area contributed by atoms with Crippen LogP contribution in [0.1, 0.15) is 16.1 Å². The molecule has 3 aromatic rings. The van der Waals surface area contributed by atoms with Crippen molar-refractivity contribution in [3.63, 3.8) is 0 Å². The predicted molar refractivity (Wildman–Crippen MR) is 103 cm³/mol. The first-order chi connectivity index (χ1) is 11.0. The Labute approximate surface area is 146 Å². The van der Waals surface area contributed by atoms with Crippen molar-refractivity contribution < 1.29 is 0 Å². The summed E-state index contributed by atoms with van der Waals surface area (Å²) in [6.45, 7) is 4.91. The van der Waals surface area contributed by atoms with Gasteiger partial charge in [0, 0.05) is 12.7 Å². The van der Waals surface area contributed by atoms with Crippen LogP contribution in [0, 0.1) is 13.8 Å². The van der Waals surface area contributed by atoms with E-state index in [2.05, 4.69) is 42.3 Å². The summed E-state index contributed by atoms with van der Waals surface area (Å²) < 4.78 is 1.21. The molecular formula is C18H19N3S2. The molecular weight excluding hydrogens is 322 g/mol. The van der Waals surface area contributed by atoms with Gasteiger partial charge in [-0.15, -0.1) is 11.3 Å². The minimum Gasteiger partial charge on any atom is -0.345 e. The molecule has 3 rings (SSSR count). The first-order valence-corrected chi connectivity index (χ1v) is 8.70. The van der Waals surface area contributed by atoms with Gasteiger partial charge >= 0.3 is 0 Å². The van der Waals surface area contributed by atoms with Gasteiger partial charge in [0.25, 0.3) is 0 Å². The molecule has 0 amide bonds. The van der Waals surface area contributed by atoms with Crippen LogP contribution in [0.5, 0.6) is 0 Å². The highest BCUT2D eigenvalue weighted by Crippen LogP contribution is 2.23. The third-order valence-electron chi connectivity index (χ3n) is 3.90. The van der Waals surface area contributed by atoms with Gasteiger partial charge in [-0.25, -0.2) is 4.98 Å². The molecule has 2 aromatic carbocycles. The van der Waals surface area contributed by atoms with Crippen molar-refractivity contribution in [1.82, 2.24) is 9.88 Å². The number of thiocarbonyl (C=S) groups is 1. The zero-order valence-electron chi connectivity index (χ0n) is 13.5. The van der Waals surface area contributed by atoms with Gasteiger partial charge in [0.2, 0.25) is 0 Å². The van der Waals surface area contributed by atoms with E-state index < -0.39 is 0 Å². The highest BCUT2D eigenvalue weighted by Gasteiger charge is 2.10. The van der Waals surface area contributed by atoms with Crippen LogP contribution < -0.4 is 5.32 Å².